The van der Waals surface area contributed by atoms with Gasteiger partial charge in [-0.25, -0.2) is 0 Å². The summed E-state index contributed by atoms with van der Waals surface area (Å²) in [5, 5.41) is 6.53. The van der Waals surface area contributed by atoms with Crippen molar-refractivity contribution < 1.29 is 9.59 Å². The number of carbonyl (C=O) groups excluding carboxylic acids is 2. The summed E-state index contributed by atoms with van der Waals surface area (Å²) in [6, 6.07) is 0. The molecule has 1 saturated carbocycles. The second-order valence-electron chi connectivity index (χ2n) is 7.68. The van der Waals surface area contributed by atoms with Crippen molar-refractivity contribution in [3.05, 3.63) is 0 Å². The van der Waals surface area contributed by atoms with Crippen molar-refractivity contribution in [2.45, 2.75) is 45.4 Å². The number of piperidine rings is 2. The molecular weight excluding hydrogens is 278 g/mol. The number of carbonyl (C=O) groups is 2. The summed E-state index contributed by atoms with van der Waals surface area (Å²) in [5.41, 5.74) is 0.221. The highest BCUT2D eigenvalue weighted by Crippen LogP contribution is 2.32. The minimum absolute atomic E-state index is 0.0123. The van der Waals surface area contributed by atoms with Crippen LogP contribution in [0, 0.1) is 17.3 Å². The molecule has 1 atom stereocenters. The average molecular weight is 307 g/mol. The fourth-order valence-corrected chi connectivity index (χ4v) is 3.63. The molecular formula is C17H29N3O2. The molecule has 0 radical (unpaired) electrons. The Kier molecular flexibility index (Phi) is 4.71. The molecule has 2 amide bonds. The maximum Gasteiger partial charge on any atom is 0.225 e. The van der Waals surface area contributed by atoms with E-state index in [1.807, 2.05) is 4.90 Å². The van der Waals surface area contributed by atoms with Gasteiger partial charge in [-0.05, 0) is 57.0 Å². The standard InChI is InChI=1S/C17H29N3O2/c1-17(6-8-18-9-7-17)12-19-15(21)14-3-2-10-20(11-14)16(22)13-4-5-13/h13-14,18H,2-12H2,1H3,(H,19,21). The predicted molar refractivity (Wildman–Crippen MR) is 85.2 cm³/mol. The third-order valence-electron chi connectivity index (χ3n) is 5.53. The fraction of sp³-hybridized carbons (Fsp3) is 0.882. The molecule has 0 aromatic rings. The third kappa shape index (κ3) is 3.80. The van der Waals surface area contributed by atoms with E-state index in [9.17, 15) is 9.59 Å². The van der Waals surface area contributed by atoms with Gasteiger partial charge in [0.15, 0.2) is 0 Å². The van der Waals surface area contributed by atoms with Crippen LogP contribution in [0.3, 0.4) is 0 Å². The van der Waals surface area contributed by atoms with E-state index in [0.717, 1.165) is 64.7 Å². The van der Waals surface area contributed by atoms with Gasteiger partial charge in [-0.3, -0.25) is 9.59 Å². The van der Waals surface area contributed by atoms with Crippen LogP contribution in [0.25, 0.3) is 0 Å². The maximum absolute atomic E-state index is 12.5. The smallest absolute Gasteiger partial charge is 0.225 e. The number of hydrogen-bond acceptors (Lipinski definition) is 3. The van der Waals surface area contributed by atoms with Gasteiger partial charge in [-0.15, -0.1) is 0 Å². The average Bonchev–Trinajstić information content (AvgIpc) is 3.38. The van der Waals surface area contributed by atoms with E-state index in [1.165, 1.54) is 0 Å². The number of amides is 2. The molecule has 3 fully saturated rings. The first-order valence-corrected chi connectivity index (χ1v) is 8.85. The first-order valence-electron chi connectivity index (χ1n) is 8.85. The van der Waals surface area contributed by atoms with Gasteiger partial charge in [0.05, 0.1) is 5.92 Å². The number of likely N-dealkylation sites (tertiary alicyclic amines) is 1. The highest BCUT2D eigenvalue weighted by atomic mass is 16.2. The van der Waals surface area contributed by atoms with Gasteiger partial charge in [0.1, 0.15) is 0 Å². The second-order valence-corrected chi connectivity index (χ2v) is 7.68. The van der Waals surface area contributed by atoms with Crippen LogP contribution >= 0.6 is 0 Å². The van der Waals surface area contributed by atoms with E-state index in [0.29, 0.717) is 6.54 Å². The quantitative estimate of drug-likeness (QED) is 0.819. The normalized spacial score (nSPS) is 28.2. The molecule has 2 aliphatic heterocycles. The van der Waals surface area contributed by atoms with Gasteiger partial charge >= 0.3 is 0 Å². The first kappa shape index (κ1) is 15.8. The Morgan fingerprint density at radius 2 is 1.91 bits per heavy atom. The lowest BCUT2D eigenvalue weighted by Crippen LogP contribution is -2.48. The largest absolute Gasteiger partial charge is 0.355 e. The van der Waals surface area contributed by atoms with Gasteiger partial charge in [0, 0.05) is 25.6 Å². The summed E-state index contributed by atoms with van der Waals surface area (Å²) in [6.07, 6.45) is 6.18. The van der Waals surface area contributed by atoms with Crippen molar-refractivity contribution >= 4 is 11.8 Å². The molecule has 1 unspecified atom stereocenters. The molecule has 0 aromatic carbocycles. The summed E-state index contributed by atoms with van der Waals surface area (Å²) in [5.74, 6) is 0.674. The molecule has 22 heavy (non-hydrogen) atoms. The highest BCUT2D eigenvalue weighted by molar-refractivity contribution is 5.83. The Morgan fingerprint density at radius 3 is 2.59 bits per heavy atom. The summed E-state index contributed by atoms with van der Waals surface area (Å²) in [6.45, 7) is 6.57. The van der Waals surface area contributed by atoms with E-state index in [4.69, 9.17) is 0 Å². The van der Waals surface area contributed by atoms with Crippen molar-refractivity contribution in [1.82, 2.24) is 15.5 Å². The lowest BCUT2D eigenvalue weighted by Gasteiger charge is -2.36. The van der Waals surface area contributed by atoms with Crippen LogP contribution in [0.4, 0.5) is 0 Å². The molecule has 2 saturated heterocycles. The maximum atomic E-state index is 12.5. The molecule has 2 N–H and O–H groups in total. The van der Waals surface area contributed by atoms with Gasteiger partial charge in [0.2, 0.25) is 11.8 Å². The van der Waals surface area contributed by atoms with E-state index in [1.54, 1.807) is 0 Å². The van der Waals surface area contributed by atoms with Gasteiger partial charge in [-0.2, -0.15) is 0 Å². The SMILES string of the molecule is CC1(CNC(=O)C2CCCN(C(=O)C3CC3)C2)CCNCC1. The lowest BCUT2D eigenvalue weighted by atomic mass is 9.81. The monoisotopic (exact) mass is 307 g/mol. The molecule has 5 nitrogen and oxygen atoms in total. The van der Waals surface area contributed by atoms with Crippen molar-refractivity contribution in [2.75, 3.05) is 32.7 Å². The number of hydrogen-bond donors (Lipinski definition) is 2. The molecule has 0 bridgehead atoms. The number of nitrogens with one attached hydrogen (secondary N) is 2. The number of nitrogens with zero attached hydrogens (tertiary/aromatic N) is 1. The van der Waals surface area contributed by atoms with Crippen LogP contribution in [0.2, 0.25) is 0 Å². The van der Waals surface area contributed by atoms with Crippen molar-refractivity contribution in [3.8, 4) is 0 Å². The van der Waals surface area contributed by atoms with Crippen LogP contribution in [-0.2, 0) is 9.59 Å². The van der Waals surface area contributed by atoms with Crippen LogP contribution in [0.5, 0.6) is 0 Å². The molecule has 3 rings (SSSR count). The van der Waals surface area contributed by atoms with Crippen molar-refractivity contribution in [1.29, 1.82) is 0 Å². The molecule has 0 spiro atoms. The van der Waals surface area contributed by atoms with E-state index in [2.05, 4.69) is 17.6 Å². The Bertz CT molecular complexity index is 428. The summed E-state index contributed by atoms with van der Waals surface area (Å²) < 4.78 is 0. The summed E-state index contributed by atoms with van der Waals surface area (Å²) >= 11 is 0. The lowest BCUT2D eigenvalue weighted by molar-refractivity contribution is -0.137. The van der Waals surface area contributed by atoms with Gasteiger partial charge in [0.25, 0.3) is 0 Å². The van der Waals surface area contributed by atoms with E-state index >= 15 is 0 Å². The molecule has 3 aliphatic rings. The molecule has 0 aromatic heterocycles. The molecule has 2 heterocycles. The minimum Gasteiger partial charge on any atom is -0.355 e. The Balaban J connectivity index is 1.47. The zero-order valence-corrected chi connectivity index (χ0v) is 13.7. The first-order chi connectivity index (χ1) is 10.6. The third-order valence-corrected chi connectivity index (χ3v) is 5.53. The van der Waals surface area contributed by atoms with Gasteiger partial charge in [-0.1, -0.05) is 6.92 Å². The number of rotatable bonds is 4. The van der Waals surface area contributed by atoms with Crippen LogP contribution < -0.4 is 10.6 Å². The summed E-state index contributed by atoms with van der Waals surface area (Å²) in [4.78, 5) is 26.6. The minimum atomic E-state index is -0.0123. The van der Waals surface area contributed by atoms with Crippen molar-refractivity contribution in [2.24, 2.45) is 17.3 Å². The highest BCUT2D eigenvalue weighted by Gasteiger charge is 2.37. The van der Waals surface area contributed by atoms with Gasteiger partial charge < -0.3 is 15.5 Å². The zero-order chi connectivity index (χ0) is 15.6. The van der Waals surface area contributed by atoms with Crippen LogP contribution in [-0.4, -0.2) is 49.4 Å². The predicted octanol–water partition coefficient (Wildman–Crippen LogP) is 1.14. The summed E-state index contributed by atoms with van der Waals surface area (Å²) in [7, 11) is 0. The Labute approximate surface area is 133 Å². The zero-order valence-electron chi connectivity index (χ0n) is 13.7. The van der Waals surface area contributed by atoms with Crippen molar-refractivity contribution in [3.63, 3.8) is 0 Å². The molecule has 1 aliphatic carbocycles. The van der Waals surface area contributed by atoms with E-state index in [-0.39, 0.29) is 29.1 Å². The van der Waals surface area contributed by atoms with E-state index < -0.39 is 0 Å². The van der Waals surface area contributed by atoms with Crippen LogP contribution in [0.15, 0.2) is 0 Å². The second kappa shape index (κ2) is 6.57. The fourth-order valence-electron chi connectivity index (χ4n) is 3.63. The topological polar surface area (TPSA) is 61.4 Å². The van der Waals surface area contributed by atoms with Crippen LogP contribution in [0.1, 0.15) is 45.4 Å². The molecule has 124 valence electrons. The Hall–Kier alpha value is -1.10. The Morgan fingerprint density at radius 1 is 1.18 bits per heavy atom. The molecule has 5 heteroatoms.